The van der Waals surface area contributed by atoms with E-state index in [2.05, 4.69) is 93.6 Å². The number of ether oxygens (including phenoxy) is 1. The topological polar surface area (TPSA) is 9.23 Å². The molecule has 2 atom stereocenters. The maximum atomic E-state index is 5.89. The molecule has 0 heterocycles. The van der Waals surface area contributed by atoms with Gasteiger partial charge in [-0.3, -0.25) is 0 Å². The Morgan fingerprint density at radius 1 is 0.719 bits per heavy atom. The quantitative estimate of drug-likeness (QED) is 0.250. The molecule has 0 amide bonds. The van der Waals surface area contributed by atoms with E-state index in [9.17, 15) is 0 Å². The smallest absolute Gasteiger partial charge is 0.0598 e. The van der Waals surface area contributed by atoms with Gasteiger partial charge < -0.3 is 4.74 Å². The molecule has 0 saturated heterocycles. The van der Waals surface area contributed by atoms with Crippen LogP contribution in [-0.2, 0) is 4.74 Å². The van der Waals surface area contributed by atoms with E-state index in [0.29, 0.717) is 11.8 Å². The van der Waals surface area contributed by atoms with Gasteiger partial charge in [0.05, 0.1) is 5.60 Å². The number of hydrogen-bond acceptors (Lipinski definition) is 1. The molecule has 0 fully saturated rings. The van der Waals surface area contributed by atoms with Crippen molar-refractivity contribution in [2.45, 2.75) is 82.0 Å². The highest BCUT2D eigenvalue weighted by Gasteiger charge is 2.26. The molecular weight excluding hydrogens is 404 g/mol. The molecule has 0 aliphatic heterocycles. The maximum Gasteiger partial charge on any atom is 0.0598 e. The Morgan fingerprint density at radius 2 is 1.25 bits per heavy atom. The van der Waals surface area contributed by atoms with Crippen molar-refractivity contribution in [3.63, 3.8) is 0 Å². The van der Waals surface area contributed by atoms with Crippen molar-refractivity contribution in [2.24, 2.45) is 0 Å². The zero-order chi connectivity index (χ0) is 22.4. The molecule has 32 heavy (non-hydrogen) atoms. The fraction of sp³-hybridized carbons (Fsp3) is 0.467. The van der Waals surface area contributed by atoms with Gasteiger partial charge in [0.25, 0.3) is 0 Å². The zero-order valence-electron chi connectivity index (χ0n) is 20.1. The fourth-order valence-electron chi connectivity index (χ4n) is 5.12. The standard InChI is InChI=1S/C30H39OSi/c1-30(2,3)31-20-10-4-5-11-21-32(22-26-18-16-24-12-6-8-14-28(24)26)23-27-19-17-25-13-7-9-15-29(25)27/h6-9,12-19,26-27H,4-5,10-11,20-23H2,1-3H3. The van der Waals surface area contributed by atoms with Crippen molar-refractivity contribution >= 4 is 20.9 Å². The van der Waals surface area contributed by atoms with Gasteiger partial charge in [-0.1, -0.05) is 98.1 Å². The van der Waals surface area contributed by atoms with E-state index in [0.717, 1.165) is 6.61 Å². The summed E-state index contributed by atoms with van der Waals surface area (Å²) in [6.07, 6.45) is 14.8. The Kier molecular flexibility index (Phi) is 7.86. The van der Waals surface area contributed by atoms with Crippen LogP contribution in [-0.4, -0.2) is 21.0 Å². The number of rotatable bonds is 11. The number of fused-ring (bicyclic) bond motifs is 2. The first kappa shape index (κ1) is 23.3. The molecule has 0 spiro atoms. The minimum atomic E-state index is -0.443. The number of benzene rings is 2. The van der Waals surface area contributed by atoms with Crippen LogP contribution in [0.2, 0.25) is 18.1 Å². The van der Waals surface area contributed by atoms with Crippen LogP contribution >= 0.6 is 0 Å². The number of allylic oxidation sites excluding steroid dienone is 2. The molecule has 0 aromatic heterocycles. The van der Waals surface area contributed by atoms with Gasteiger partial charge in [-0.15, -0.1) is 0 Å². The van der Waals surface area contributed by atoms with Crippen molar-refractivity contribution in [3.8, 4) is 0 Å². The number of hydrogen-bond donors (Lipinski definition) is 0. The van der Waals surface area contributed by atoms with Gasteiger partial charge in [0.15, 0.2) is 0 Å². The minimum absolute atomic E-state index is 0.00759. The summed E-state index contributed by atoms with van der Waals surface area (Å²) in [5.74, 6) is 1.25. The Bertz CT molecular complexity index is 872. The fourth-order valence-corrected chi connectivity index (χ4v) is 8.40. The van der Waals surface area contributed by atoms with Gasteiger partial charge in [0, 0.05) is 27.2 Å². The predicted octanol–water partition coefficient (Wildman–Crippen LogP) is 8.48. The monoisotopic (exact) mass is 443 g/mol. The second-order valence-corrected chi connectivity index (χ2v) is 13.3. The largest absolute Gasteiger partial charge is 0.376 e. The lowest BCUT2D eigenvalue weighted by Gasteiger charge is -2.23. The SMILES string of the molecule is CC(C)(C)OCCCCCC[Si](CC1C=Cc2ccccc21)CC1C=Cc2ccccc21. The molecule has 4 rings (SSSR count). The van der Waals surface area contributed by atoms with E-state index in [-0.39, 0.29) is 5.60 Å². The molecule has 1 radical (unpaired) electrons. The van der Waals surface area contributed by atoms with Crippen molar-refractivity contribution in [1.82, 2.24) is 0 Å². The molecule has 2 aliphatic carbocycles. The summed E-state index contributed by atoms with van der Waals surface area (Å²) in [6, 6.07) is 22.2. The predicted molar refractivity (Wildman–Crippen MR) is 141 cm³/mol. The van der Waals surface area contributed by atoms with Crippen molar-refractivity contribution in [1.29, 1.82) is 0 Å². The molecule has 0 bridgehead atoms. The molecule has 2 aromatic carbocycles. The third kappa shape index (κ3) is 6.33. The van der Waals surface area contributed by atoms with Crippen LogP contribution in [0, 0.1) is 0 Å². The van der Waals surface area contributed by atoms with Gasteiger partial charge >= 0.3 is 0 Å². The second-order valence-electron chi connectivity index (χ2n) is 10.5. The lowest BCUT2D eigenvalue weighted by molar-refractivity contribution is -0.00471. The summed E-state index contributed by atoms with van der Waals surface area (Å²) in [4.78, 5) is 0. The van der Waals surface area contributed by atoms with Crippen LogP contribution in [0.25, 0.3) is 12.2 Å². The molecule has 2 unspecified atom stereocenters. The lowest BCUT2D eigenvalue weighted by Crippen LogP contribution is -2.19. The third-order valence-corrected chi connectivity index (χ3v) is 9.88. The highest BCUT2D eigenvalue weighted by Crippen LogP contribution is 2.39. The van der Waals surface area contributed by atoms with Gasteiger partial charge in [-0.05, 0) is 61.5 Å². The highest BCUT2D eigenvalue weighted by molar-refractivity contribution is 6.59. The van der Waals surface area contributed by atoms with Gasteiger partial charge in [-0.2, -0.15) is 0 Å². The summed E-state index contributed by atoms with van der Waals surface area (Å²) in [7, 11) is -0.443. The Hall–Kier alpha value is -1.90. The number of unbranched alkanes of at least 4 members (excludes halogenated alkanes) is 3. The van der Waals surface area contributed by atoms with Crippen LogP contribution < -0.4 is 0 Å². The first-order valence-electron chi connectivity index (χ1n) is 12.5. The van der Waals surface area contributed by atoms with Crippen molar-refractivity contribution in [2.75, 3.05) is 6.61 Å². The summed E-state index contributed by atoms with van der Waals surface area (Å²) >= 11 is 0. The maximum absolute atomic E-state index is 5.89. The molecule has 169 valence electrons. The summed E-state index contributed by atoms with van der Waals surface area (Å²) in [5.41, 5.74) is 5.97. The third-order valence-electron chi connectivity index (χ3n) is 6.78. The average molecular weight is 444 g/mol. The average Bonchev–Trinajstić information content (AvgIpc) is 3.37. The molecular formula is C30H39OSi. The first-order chi connectivity index (χ1) is 15.5. The van der Waals surface area contributed by atoms with Crippen LogP contribution in [0.15, 0.2) is 60.7 Å². The summed E-state index contributed by atoms with van der Waals surface area (Å²) < 4.78 is 5.89. The van der Waals surface area contributed by atoms with E-state index in [4.69, 9.17) is 4.74 Å². The van der Waals surface area contributed by atoms with Gasteiger partial charge in [-0.25, -0.2) is 0 Å². The molecule has 2 heteroatoms. The van der Waals surface area contributed by atoms with E-state index in [1.54, 1.807) is 11.1 Å². The van der Waals surface area contributed by atoms with Gasteiger partial charge in [0.2, 0.25) is 0 Å². The molecule has 1 nitrogen and oxygen atoms in total. The molecule has 2 aromatic rings. The zero-order valence-corrected chi connectivity index (χ0v) is 21.1. The van der Waals surface area contributed by atoms with E-state index < -0.39 is 8.80 Å². The van der Waals surface area contributed by atoms with Crippen molar-refractivity contribution < 1.29 is 4.74 Å². The molecule has 2 aliphatic rings. The van der Waals surface area contributed by atoms with Crippen LogP contribution in [0.5, 0.6) is 0 Å². The Morgan fingerprint density at radius 3 is 1.81 bits per heavy atom. The molecule has 0 saturated carbocycles. The molecule has 0 N–H and O–H groups in total. The van der Waals surface area contributed by atoms with Crippen LogP contribution in [0.1, 0.15) is 80.5 Å². The van der Waals surface area contributed by atoms with Gasteiger partial charge in [0.1, 0.15) is 0 Å². The Labute approximate surface area is 197 Å². The van der Waals surface area contributed by atoms with Crippen LogP contribution in [0.3, 0.4) is 0 Å². The van der Waals surface area contributed by atoms with Crippen molar-refractivity contribution in [3.05, 3.63) is 82.9 Å². The summed E-state index contributed by atoms with van der Waals surface area (Å²) in [5, 5.41) is 0. The first-order valence-corrected chi connectivity index (χ1v) is 14.6. The van der Waals surface area contributed by atoms with E-state index in [1.807, 2.05) is 0 Å². The normalized spacial score (nSPS) is 19.0. The lowest BCUT2D eigenvalue weighted by atomic mass is 10.0. The van der Waals surface area contributed by atoms with E-state index in [1.165, 1.54) is 54.9 Å². The van der Waals surface area contributed by atoms with E-state index >= 15 is 0 Å². The van der Waals surface area contributed by atoms with Crippen LogP contribution in [0.4, 0.5) is 0 Å². The highest BCUT2D eigenvalue weighted by atomic mass is 28.3. The second kappa shape index (κ2) is 10.8. The Balaban J connectivity index is 1.32. The minimum Gasteiger partial charge on any atom is -0.376 e. The summed E-state index contributed by atoms with van der Waals surface area (Å²) in [6.45, 7) is 7.33.